The minimum absolute atomic E-state index is 0.229. The number of hydrogen-bond acceptors (Lipinski definition) is 4. The van der Waals surface area contributed by atoms with Gasteiger partial charge in [0.25, 0.3) is 0 Å². The van der Waals surface area contributed by atoms with Crippen LogP contribution in [0.15, 0.2) is 194 Å². The molecule has 0 amide bonds. The molecule has 4 heteroatoms. The van der Waals surface area contributed by atoms with Gasteiger partial charge in [-0.15, -0.1) is 0 Å². The van der Waals surface area contributed by atoms with E-state index in [2.05, 4.69) is 134 Å². The highest BCUT2D eigenvalue weighted by molar-refractivity contribution is 5.87. The van der Waals surface area contributed by atoms with Gasteiger partial charge in [0.05, 0.1) is 10.8 Å². The van der Waals surface area contributed by atoms with Crippen LogP contribution in [0.2, 0.25) is 0 Å². The Balaban J connectivity index is 0.936. The first-order valence-corrected chi connectivity index (χ1v) is 18.6. The number of hydrogen-bond donors (Lipinski definition) is 2. The quantitative estimate of drug-likeness (QED) is 0.168. The Labute approximate surface area is 325 Å². The SMILES string of the molecule is Oc1ccc(C2(c3ccc(OC#COc4ccc(C5(c6ccc(O)cc6)c6ccccc6-c6ccccc65)cc4)cc3)c3ccccc3-c3ccccc32)cc1. The van der Waals surface area contributed by atoms with Crippen molar-refractivity contribution in [3.63, 3.8) is 0 Å². The molecule has 266 valence electrons. The molecule has 10 rings (SSSR count). The minimum atomic E-state index is -0.579. The topological polar surface area (TPSA) is 58.9 Å². The van der Waals surface area contributed by atoms with Gasteiger partial charge in [-0.25, -0.2) is 0 Å². The summed E-state index contributed by atoms with van der Waals surface area (Å²) in [5.74, 6) is 1.64. The van der Waals surface area contributed by atoms with Crippen molar-refractivity contribution in [3.8, 4) is 57.5 Å². The molecule has 0 aliphatic heterocycles. The molecule has 0 atom stereocenters. The summed E-state index contributed by atoms with van der Waals surface area (Å²) in [6.07, 6.45) is 5.46. The highest BCUT2D eigenvalue weighted by Crippen LogP contribution is 2.57. The average Bonchev–Trinajstić information content (AvgIpc) is 3.72. The van der Waals surface area contributed by atoms with Crippen molar-refractivity contribution in [2.75, 3.05) is 0 Å². The molecule has 0 spiro atoms. The highest BCUT2D eigenvalue weighted by atomic mass is 16.5. The normalized spacial score (nSPS) is 13.6. The third-order valence-electron chi connectivity index (χ3n) is 11.5. The zero-order chi connectivity index (χ0) is 37.7. The van der Waals surface area contributed by atoms with Gasteiger partial charge in [0, 0.05) is 0 Å². The van der Waals surface area contributed by atoms with Gasteiger partial charge in [-0.3, -0.25) is 0 Å². The molecule has 0 radical (unpaired) electrons. The molecule has 4 nitrogen and oxygen atoms in total. The number of phenolic OH excluding ortho intramolecular Hbond substituents is 2. The Kier molecular flexibility index (Phi) is 7.76. The highest BCUT2D eigenvalue weighted by Gasteiger charge is 2.47. The lowest BCUT2D eigenvalue weighted by molar-refractivity contribution is 0.474. The predicted octanol–water partition coefficient (Wildman–Crippen LogP) is 11.2. The Morgan fingerprint density at radius 3 is 0.839 bits per heavy atom. The van der Waals surface area contributed by atoms with Crippen molar-refractivity contribution in [2.45, 2.75) is 10.8 Å². The maximum absolute atomic E-state index is 10.2. The molecule has 0 saturated carbocycles. The van der Waals surface area contributed by atoms with Gasteiger partial charge in [-0.2, -0.15) is 0 Å². The van der Waals surface area contributed by atoms with Crippen LogP contribution in [0.5, 0.6) is 23.0 Å². The fraction of sp³-hybridized carbons (Fsp3) is 0.0385. The molecular weight excluding hydrogens is 689 g/mol. The fourth-order valence-electron chi connectivity index (χ4n) is 9.18. The lowest BCUT2D eigenvalue weighted by atomic mass is 9.68. The third-order valence-corrected chi connectivity index (χ3v) is 11.5. The second kappa shape index (κ2) is 13.1. The monoisotopic (exact) mass is 722 g/mol. The minimum Gasteiger partial charge on any atom is -0.508 e. The molecule has 56 heavy (non-hydrogen) atoms. The summed E-state index contributed by atoms with van der Waals surface area (Å²) in [6, 6.07) is 65.3. The summed E-state index contributed by atoms with van der Waals surface area (Å²) >= 11 is 0. The van der Waals surface area contributed by atoms with E-state index in [-0.39, 0.29) is 11.5 Å². The lowest BCUT2D eigenvalue weighted by Gasteiger charge is -2.34. The van der Waals surface area contributed by atoms with Gasteiger partial charge < -0.3 is 19.7 Å². The van der Waals surface area contributed by atoms with Gasteiger partial charge in [0.15, 0.2) is 12.2 Å². The molecule has 2 aliphatic rings. The molecule has 0 fully saturated rings. The fourth-order valence-corrected chi connectivity index (χ4v) is 9.18. The number of fused-ring (bicyclic) bond motifs is 6. The Bertz CT molecular complexity index is 2520. The first kappa shape index (κ1) is 33.1. The van der Waals surface area contributed by atoms with Gasteiger partial charge >= 0.3 is 0 Å². The largest absolute Gasteiger partial charge is 0.508 e. The summed E-state index contributed by atoms with van der Waals surface area (Å²) in [5.41, 5.74) is 12.7. The third kappa shape index (κ3) is 4.95. The molecular formula is C52H34O4. The van der Waals surface area contributed by atoms with Crippen LogP contribution in [0.3, 0.4) is 0 Å². The first-order valence-electron chi connectivity index (χ1n) is 18.6. The molecule has 8 aromatic rings. The van der Waals surface area contributed by atoms with Crippen molar-refractivity contribution in [2.24, 2.45) is 0 Å². The van der Waals surface area contributed by atoms with Gasteiger partial charge in [0.2, 0.25) is 0 Å². The summed E-state index contributed by atoms with van der Waals surface area (Å²) in [5, 5.41) is 20.4. The van der Waals surface area contributed by atoms with Crippen LogP contribution >= 0.6 is 0 Å². The average molecular weight is 723 g/mol. The summed E-state index contributed by atoms with van der Waals surface area (Å²) in [4.78, 5) is 0. The second-order valence-corrected chi connectivity index (χ2v) is 14.2. The molecule has 0 bridgehead atoms. The molecule has 0 aromatic heterocycles. The van der Waals surface area contributed by atoms with Crippen LogP contribution in [0.4, 0.5) is 0 Å². The van der Waals surface area contributed by atoms with Crippen LogP contribution in [-0.2, 0) is 10.8 Å². The Morgan fingerprint density at radius 1 is 0.304 bits per heavy atom. The zero-order valence-electron chi connectivity index (χ0n) is 30.2. The van der Waals surface area contributed by atoms with Crippen LogP contribution in [-0.4, -0.2) is 10.2 Å². The maximum atomic E-state index is 10.2. The molecule has 2 aliphatic carbocycles. The number of aromatic hydroxyl groups is 2. The van der Waals surface area contributed by atoms with Crippen LogP contribution in [0.25, 0.3) is 22.3 Å². The van der Waals surface area contributed by atoms with Crippen LogP contribution < -0.4 is 9.47 Å². The van der Waals surface area contributed by atoms with Crippen molar-refractivity contribution >= 4 is 0 Å². The molecule has 0 unspecified atom stereocenters. The van der Waals surface area contributed by atoms with E-state index in [0.717, 1.165) is 22.3 Å². The van der Waals surface area contributed by atoms with Crippen molar-refractivity contribution < 1.29 is 19.7 Å². The van der Waals surface area contributed by atoms with Crippen LogP contribution in [0.1, 0.15) is 44.5 Å². The van der Waals surface area contributed by atoms with Gasteiger partial charge in [0.1, 0.15) is 23.0 Å². The van der Waals surface area contributed by atoms with E-state index < -0.39 is 10.8 Å². The van der Waals surface area contributed by atoms with Crippen molar-refractivity contribution in [1.82, 2.24) is 0 Å². The summed E-state index contributed by atoms with van der Waals surface area (Å²) < 4.78 is 11.7. The van der Waals surface area contributed by atoms with E-state index in [1.165, 1.54) is 44.5 Å². The number of rotatable bonds is 6. The van der Waals surface area contributed by atoms with Crippen molar-refractivity contribution in [1.29, 1.82) is 0 Å². The smallest absolute Gasteiger partial charge is 0.161 e. The van der Waals surface area contributed by atoms with Gasteiger partial charge in [-0.1, -0.05) is 146 Å². The van der Waals surface area contributed by atoms with E-state index in [4.69, 9.17) is 9.47 Å². The van der Waals surface area contributed by atoms with E-state index >= 15 is 0 Å². The molecule has 2 N–H and O–H groups in total. The van der Waals surface area contributed by atoms with Crippen LogP contribution in [0, 0.1) is 12.2 Å². The molecule has 0 saturated heterocycles. The van der Waals surface area contributed by atoms with E-state index in [1.54, 1.807) is 24.3 Å². The Hall–Kier alpha value is -7.48. The second-order valence-electron chi connectivity index (χ2n) is 14.2. The number of ether oxygens (including phenoxy) is 2. The molecule has 0 heterocycles. The predicted molar refractivity (Wildman–Crippen MR) is 220 cm³/mol. The van der Waals surface area contributed by atoms with Crippen molar-refractivity contribution in [3.05, 3.63) is 239 Å². The lowest BCUT2D eigenvalue weighted by Crippen LogP contribution is -2.28. The standard InChI is InChI=1S/C52H34O4/c53-39-25-17-35(18-26-39)51(47-13-5-1-9-43(47)44-10-2-6-14-48(44)51)37-21-29-41(30-22-37)55-33-34-56-42-31-23-38(24-32-42)52(36-19-27-40(54)28-20-36)49-15-7-3-11-45(49)46-12-4-8-16-50(46)52/h1-32,53-54H. The summed E-state index contributed by atoms with van der Waals surface area (Å²) in [6.45, 7) is 0. The number of benzene rings is 8. The summed E-state index contributed by atoms with van der Waals surface area (Å²) in [7, 11) is 0. The van der Waals surface area contributed by atoms with E-state index in [0.29, 0.717) is 11.5 Å². The van der Waals surface area contributed by atoms with E-state index in [1.807, 2.05) is 48.5 Å². The Morgan fingerprint density at radius 2 is 0.554 bits per heavy atom. The van der Waals surface area contributed by atoms with Gasteiger partial charge in [-0.05, 0) is 115 Å². The maximum Gasteiger partial charge on any atom is 0.161 e. The van der Waals surface area contributed by atoms with E-state index in [9.17, 15) is 10.2 Å². The number of phenols is 2. The molecule has 8 aromatic carbocycles. The zero-order valence-corrected chi connectivity index (χ0v) is 30.2. The first-order chi connectivity index (χ1) is 27.6.